The minimum Gasteiger partial charge on any atom is -0.378 e. The first-order valence-corrected chi connectivity index (χ1v) is 6.70. The van der Waals surface area contributed by atoms with Crippen molar-refractivity contribution in [3.8, 4) is 0 Å². The summed E-state index contributed by atoms with van der Waals surface area (Å²) in [6, 6.07) is 1.42. The number of hydrogen-bond acceptors (Lipinski definition) is 5. The smallest absolute Gasteiger partial charge is 0.251 e. The van der Waals surface area contributed by atoms with Gasteiger partial charge >= 0.3 is 0 Å². The van der Waals surface area contributed by atoms with Crippen molar-refractivity contribution in [3.05, 3.63) is 22.1 Å². The molecule has 0 atom stereocenters. The average Bonchev–Trinajstić information content (AvgIpc) is 2.36. The van der Waals surface area contributed by atoms with Crippen LogP contribution in [0, 0.1) is 6.92 Å². The highest BCUT2D eigenvalue weighted by atomic mass is 32.2. The molecular weight excluding hydrogens is 254 g/mol. The van der Waals surface area contributed by atoms with Crippen LogP contribution >= 0.6 is 11.8 Å². The number of morpholine rings is 1. The lowest BCUT2D eigenvalue weighted by molar-refractivity contribution is -0.132. The topological polar surface area (TPSA) is 75.3 Å². The van der Waals surface area contributed by atoms with Gasteiger partial charge in [-0.05, 0) is 6.92 Å². The van der Waals surface area contributed by atoms with Gasteiger partial charge in [-0.2, -0.15) is 0 Å². The van der Waals surface area contributed by atoms with E-state index in [-0.39, 0.29) is 17.2 Å². The van der Waals surface area contributed by atoms with E-state index in [1.807, 2.05) is 0 Å². The van der Waals surface area contributed by atoms with Gasteiger partial charge in [-0.1, -0.05) is 11.8 Å². The van der Waals surface area contributed by atoms with E-state index in [0.717, 1.165) is 0 Å². The first-order chi connectivity index (χ1) is 8.65. The Morgan fingerprint density at radius 2 is 2.28 bits per heavy atom. The number of aryl methyl sites for hydroxylation is 1. The Bertz CT molecular complexity index is 483. The second-order valence-electron chi connectivity index (χ2n) is 3.97. The Hall–Kier alpha value is -1.34. The number of hydrogen-bond donors (Lipinski definition) is 1. The first kappa shape index (κ1) is 13.1. The summed E-state index contributed by atoms with van der Waals surface area (Å²) >= 11 is 1.25. The van der Waals surface area contributed by atoms with Crippen LogP contribution in [-0.4, -0.2) is 52.8 Å². The molecule has 1 aliphatic rings. The summed E-state index contributed by atoms with van der Waals surface area (Å²) < 4.78 is 5.18. The van der Waals surface area contributed by atoms with Crippen molar-refractivity contribution >= 4 is 17.7 Å². The van der Waals surface area contributed by atoms with Crippen molar-refractivity contribution in [2.24, 2.45) is 0 Å². The predicted octanol–water partition coefficient (Wildman–Crippen LogP) is 0.0292. The Kier molecular flexibility index (Phi) is 4.38. The van der Waals surface area contributed by atoms with E-state index in [9.17, 15) is 9.59 Å². The molecule has 18 heavy (non-hydrogen) atoms. The first-order valence-electron chi connectivity index (χ1n) is 5.71. The zero-order chi connectivity index (χ0) is 13.0. The van der Waals surface area contributed by atoms with Crippen LogP contribution in [0.5, 0.6) is 0 Å². The van der Waals surface area contributed by atoms with E-state index < -0.39 is 0 Å². The van der Waals surface area contributed by atoms with E-state index in [1.54, 1.807) is 11.8 Å². The highest BCUT2D eigenvalue weighted by Crippen LogP contribution is 2.12. The molecule has 2 heterocycles. The molecule has 1 aromatic rings. The molecule has 1 aromatic heterocycles. The number of aromatic amines is 1. The molecule has 0 aromatic carbocycles. The third-order valence-corrected chi connectivity index (χ3v) is 3.40. The fourth-order valence-electron chi connectivity index (χ4n) is 1.65. The normalized spacial score (nSPS) is 15.7. The van der Waals surface area contributed by atoms with Crippen molar-refractivity contribution < 1.29 is 9.53 Å². The van der Waals surface area contributed by atoms with E-state index in [0.29, 0.717) is 37.2 Å². The van der Waals surface area contributed by atoms with E-state index in [4.69, 9.17) is 4.74 Å². The molecule has 2 rings (SSSR count). The van der Waals surface area contributed by atoms with Crippen molar-refractivity contribution in [1.29, 1.82) is 0 Å². The van der Waals surface area contributed by atoms with Crippen molar-refractivity contribution in [3.63, 3.8) is 0 Å². The molecule has 1 fully saturated rings. The number of carbonyl (C=O) groups excluding carboxylic acids is 1. The summed E-state index contributed by atoms with van der Waals surface area (Å²) in [6.45, 7) is 4.21. The summed E-state index contributed by atoms with van der Waals surface area (Å²) in [7, 11) is 0. The van der Waals surface area contributed by atoms with Gasteiger partial charge in [0.15, 0.2) is 5.16 Å². The van der Waals surface area contributed by atoms with Gasteiger partial charge in [0.2, 0.25) is 5.91 Å². The fraction of sp³-hybridized carbons (Fsp3) is 0.545. The predicted molar refractivity (Wildman–Crippen MR) is 67.7 cm³/mol. The third-order valence-electron chi connectivity index (χ3n) is 2.54. The number of H-pyrrole nitrogens is 1. The van der Waals surface area contributed by atoms with E-state index in [2.05, 4.69) is 9.97 Å². The van der Waals surface area contributed by atoms with Gasteiger partial charge < -0.3 is 14.6 Å². The average molecular weight is 269 g/mol. The number of amides is 1. The maximum absolute atomic E-state index is 11.9. The van der Waals surface area contributed by atoms with Crippen LogP contribution in [-0.2, 0) is 9.53 Å². The molecule has 98 valence electrons. The van der Waals surface area contributed by atoms with Gasteiger partial charge in [-0.25, -0.2) is 4.98 Å². The lowest BCUT2D eigenvalue weighted by atomic mass is 10.4. The van der Waals surface area contributed by atoms with Gasteiger partial charge in [0.05, 0.1) is 19.0 Å². The summed E-state index contributed by atoms with van der Waals surface area (Å²) in [5.74, 6) is 0.333. The largest absolute Gasteiger partial charge is 0.378 e. The quantitative estimate of drug-likeness (QED) is 0.619. The number of nitrogens with zero attached hydrogens (tertiary/aromatic N) is 2. The Balaban J connectivity index is 1.90. The zero-order valence-corrected chi connectivity index (χ0v) is 11.0. The number of carbonyl (C=O) groups is 1. The lowest BCUT2D eigenvalue weighted by Gasteiger charge is -2.26. The summed E-state index contributed by atoms with van der Waals surface area (Å²) in [4.78, 5) is 31.6. The second-order valence-corrected chi connectivity index (χ2v) is 4.94. The van der Waals surface area contributed by atoms with Gasteiger partial charge in [0.1, 0.15) is 0 Å². The van der Waals surface area contributed by atoms with Crippen LogP contribution in [0.3, 0.4) is 0 Å². The van der Waals surface area contributed by atoms with Crippen LogP contribution in [0.15, 0.2) is 16.0 Å². The van der Waals surface area contributed by atoms with Gasteiger partial charge in [-0.15, -0.1) is 0 Å². The lowest BCUT2D eigenvalue weighted by Crippen LogP contribution is -2.41. The minimum absolute atomic E-state index is 0.0486. The monoisotopic (exact) mass is 269 g/mol. The molecular formula is C11H15N3O3S. The maximum Gasteiger partial charge on any atom is 0.251 e. The third kappa shape index (κ3) is 3.58. The number of rotatable bonds is 3. The number of thioether (sulfide) groups is 1. The van der Waals surface area contributed by atoms with Crippen LogP contribution in [0.1, 0.15) is 5.69 Å². The van der Waals surface area contributed by atoms with Crippen LogP contribution in [0.25, 0.3) is 0 Å². The number of nitrogens with one attached hydrogen (secondary N) is 1. The number of aromatic nitrogens is 2. The molecule has 0 unspecified atom stereocenters. The van der Waals surface area contributed by atoms with Gasteiger partial charge in [-0.3, -0.25) is 9.59 Å². The summed E-state index contributed by atoms with van der Waals surface area (Å²) in [5.41, 5.74) is 0.462. The SMILES string of the molecule is Cc1cc(=O)[nH]c(SCC(=O)N2CCOCC2)n1. The summed E-state index contributed by atoms with van der Waals surface area (Å²) in [5, 5.41) is 0.488. The van der Waals surface area contributed by atoms with E-state index in [1.165, 1.54) is 17.8 Å². The molecule has 6 nitrogen and oxygen atoms in total. The highest BCUT2D eigenvalue weighted by molar-refractivity contribution is 7.99. The molecule has 1 N–H and O–H groups in total. The second kappa shape index (κ2) is 6.01. The van der Waals surface area contributed by atoms with Crippen molar-refractivity contribution in [1.82, 2.24) is 14.9 Å². The highest BCUT2D eigenvalue weighted by Gasteiger charge is 2.17. The molecule has 0 bridgehead atoms. The molecule has 1 aliphatic heterocycles. The van der Waals surface area contributed by atoms with Crippen molar-refractivity contribution in [2.75, 3.05) is 32.1 Å². The molecule has 0 radical (unpaired) electrons. The number of ether oxygens (including phenoxy) is 1. The molecule has 1 saturated heterocycles. The molecule has 7 heteroatoms. The molecule has 1 amide bonds. The molecule has 0 aliphatic carbocycles. The maximum atomic E-state index is 11.9. The van der Waals surface area contributed by atoms with Crippen molar-refractivity contribution in [2.45, 2.75) is 12.1 Å². The van der Waals surface area contributed by atoms with Crippen LogP contribution in [0.2, 0.25) is 0 Å². The van der Waals surface area contributed by atoms with Gasteiger partial charge in [0, 0.05) is 24.8 Å². The van der Waals surface area contributed by atoms with Crippen LogP contribution in [0.4, 0.5) is 0 Å². The fourth-order valence-corrected chi connectivity index (χ4v) is 2.48. The van der Waals surface area contributed by atoms with Crippen LogP contribution < -0.4 is 5.56 Å². The molecule has 0 saturated carbocycles. The Morgan fingerprint density at radius 1 is 1.56 bits per heavy atom. The summed E-state index contributed by atoms with van der Waals surface area (Å²) in [6.07, 6.45) is 0. The minimum atomic E-state index is -0.191. The van der Waals surface area contributed by atoms with Gasteiger partial charge in [0.25, 0.3) is 5.56 Å². The Labute approximate surface area is 109 Å². The standard InChI is InChI=1S/C11H15N3O3S/c1-8-6-9(15)13-11(12-8)18-7-10(16)14-2-4-17-5-3-14/h6H,2-5,7H2,1H3,(H,12,13,15). The Morgan fingerprint density at radius 3 is 2.94 bits per heavy atom. The van der Waals surface area contributed by atoms with E-state index >= 15 is 0 Å². The zero-order valence-electron chi connectivity index (χ0n) is 10.1. The molecule has 0 spiro atoms.